The molecule has 0 aliphatic heterocycles. The molecule has 0 saturated carbocycles. The van der Waals surface area contributed by atoms with E-state index in [0.717, 1.165) is 40.2 Å². The summed E-state index contributed by atoms with van der Waals surface area (Å²) in [6.45, 7) is 1.89. The lowest BCUT2D eigenvalue weighted by molar-refractivity contribution is -0.141. The molecule has 3 aromatic carbocycles. The van der Waals surface area contributed by atoms with Gasteiger partial charge in [-0.25, -0.2) is 0 Å². The Bertz CT molecular complexity index is 2430. The van der Waals surface area contributed by atoms with E-state index in [1.807, 2.05) is 73.7 Å². The van der Waals surface area contributed by atoms with Crippen LogP contribution in [-0.4, -0.2) is 9.97 Å². The highest BCUT2D eigenvalue weighted by atomic mass is 19.4. The molecule has 7 rings (SSSR count). The van der Waals surface area contributed by atoms with Crippen molar-refractivity contribution in [3.05, 3.63) is 130 Å². The Kier molecular flexibility index (Phi) is 6.57. The Balaban J connectivity index is 1.46. The number of hydrogen-bond donors (Lipinski definition) is 0. The van der Waals surface area contributed by atoms with Crippen LogP contribution in [0.25, 0.3) is 55.7 Å². The third-order valence-electron chi connectivity index (χ3n) is 8.42. The minimum Gasteiger partial charge on any atom is -0.262 e. The second kappa shape index (κ2) is 10.7. The molecule has 2 aliphatic carbocycles. The fourth-order valence-corrected chi connectivity index (χ4v) is 6.38. The van der Waals surface area contributed by atoms with Crippen LogP contribution in [-0.2, 0) is 6.18 Å². The monoisotopic (exact) mass is 614 g/mol. The Morgan fingerprint density at radius 3 is 1.38 bits per heavy atom. The maximum atomic E-state index is 13.4. The van der Waals surface area contributed by atoms with E-state index in [1.54, 1.807) is 24.4 Å². The molecule has 2 heterocycles. The number of alkyl halides is 3. The van der Waals surface area contributed by atoms with Gasteiger partial charge in [0.1, 0.15) is 41.1 Å². The third-order valence-corrected chi connectivity index (χ3v) is 8.42. The maximum Gasteiger partial charge on any atom is 0.433 e. The minimum atomic E-state index is -4.63. The third kappa shape index (κ3) is 4.55. The number of aromatic nitrogens is 2. The standard InChI is InChI=1S/C38H17F3N6/c1-20-10-23(6-8-46-20)21-2-4-27-29-14-34-30(15-33(29)36(31(27)11-21)25(16-42)17-43)28-5-3-22(12-32(28)37(34)26(18-44)19-45)24-7-9-47-35(13-24)38(39,40)41/h2-15H,1H3. The first kappa shape index (κ1) is 28.9. The zero-order chi connectivity index (χ0) is 33.0. The van der Waals surface area contributed by atoms with Crippen LogP contribution < -0.4 is 0 Å². The van der Waals surface area contributed by atoms with Crippen LogP contribution in [0.4, 0.5) is 13.2 Å². The fraction of sp³-hybridized carbons (Fsp3) is 0.0526. The average Bonchev–Trinajstić information content (AvgIpc) is 3.56. The molecule has 6 nitrogen and oxygen atoms in total. The predicted octanol–water partition coefficient (Wildman–Crippen LogP) is 8.80. The zero-order valence-corrected chi connectivity index (χ0v) is 24.4. The number of nitriles is 4. The van der Waals surface area contributed by atoms with Crippen molar-refractivity contribution in [3.63, 3.8) is 0 Å². The highest BCUT2D eigenvalue weighted by molar-refractivity contribution is 6.11. The summed E-state index contributed by atoms with van der Waals surface area (Å²) in [5.74, 6) is 0. The summed E-state index contributed by atoms with van der Waals surface area (Å²) < 4.78 is 40.3. The molecular weight excluding hydrogens is 597 g/mol. The van der Waals surface area contributed by atoms with E-state index < -0.39 is 11.9 Å². The Hall–Kier alpha value is -6.81. The molecule has 2 aliphatic rings. The quantitative estimate of drug-likeness (QED) is 0.179. The fourth-order valence-electron chi connectivity index (χ4n) is 6.38. The minimum absolute atomic E-state index is 0.0646. The first-order valence-corrected chi connectivity index (χ1v) is 14.2. The van der Waals surface area contributed by atoms with Gasteiger partial charge in [0.25, 0.3) is 0 Å². The lowest BCUT2D eigenvalue weighted by atomic mass is 9.93. The molecule has 0 bridgehead atoms. The predicted molar refractivity (Wildman–Crippen MR) is 168 cm³/mol. The lowest BCUT2D eigenvalue weighted by Gasteiger charge is -2.10. The van der Waals surface area contributed by atoms with Crippen molar-refractivity contribution in [1.29, 1.82) is 21.0 Å². The van der Waals surface area contributed by atoms with Gasteiger partial charge in [-0.1, -0.05) is 24.3 Å². The summed E-state index contributed by atoms with van der Waals surface area (Å²) in [7, 11) is 0. The topological polar surface area (TPSA) is 121 Å². The zero-order valence-electron chi connectivity index (χ0n) is 24.4. The van der Waals surface area contributed by atoms with Crippen molar-refractivity contribution in [3.8, 4) is 68.8 Å². The molecule has 2 aromatic heterocycles. The van der Waals surface area contributed by atoms with Gasteiger partial charge < -0.3 is 0 Å². The van der Waals surface area contributed by atoms with Gasteiger partial charge in [0, 0.05) is 29.2 Å². The number of pyridine rings is 2. The summed E-state index contributed by atoms with van der Waals surface area (Å²) >= 11 is 0. The average molecular weight is 615 g/mol. The number of halogens is 3. The van der Waals surface area contributed by atoms with E-state index in [0.29, 0.717) is 50.1 Å². The Morgan fingerprint density at radius 2 is 0.936 bits per heavy atom. The smallest absolute Gasteiger partial charge is 0.262 e. The van der Waals surface area contributed by atoms with Crippen LogP contribution >= 0.6 is 0 Å². The van der Waals surface area contributed by atoms with E-state index in [1.165, 1.54) is 6.07 Å². The summed E-state index contributed by atoms with van der Waals surface area (Å²) in [6, 6.07) is 28.9. The van der Waals surface area contributed by atoms with Gasteiger partial charge in [0.2, 0.25) is 0 Å². The number of fused-ring (bicyclic) bond motifs is 6. The molecule has 9 heteroatoms. The molecule has 47 heavy (non-hydrogen) atoms. The van der Waals surface area contributed by atoms with Gasteiger partial charge in [-0.05, 0) is 122 Å². The molecule has 0 spiro atoms. The molecule has 0 N–H and O–H groups in total. The molecular formula is C38H17F3N6. The molecule has 5 aromatic rings. The van der Waals surface area contributed by atoms with Crippen molar-refractivity contribution in [2.24, 2.45) is 0 Å². The van der Waals surface area contributed by atoms with E-state index in [-0.39, 0.29) is 16.7 Å². The van der Waals surface area contributed by atoms with Crippen molar-refractivity contribution in [2.45, 2.75) is 13.1 Å². The molecule has 0 radical (unpaired) electrons. The van der Waals surface area contributed by atoms with Gasteiger partial charge >= 0.3 is 6.18 Å². The van der Waals surface area contributed by atoms with Gasteiger partial charge in [-0.15, -0.1) is 0 Å². The maximum absolute atomic E-state index is 13.4. The lowest BCUT2D eigenvalue weighted by Crippen LogP contribution is -2.07. The van der Waals surface area contributed by atoms with Crippen molar-refractivity contribution >= 4 is 11.1 Å². The normalized spacial score (nSPS) is 12.1. The van der Waals surface area contributed by atoms with Gasteiger partial charge in [0.05, 0.1) is 0 Å². The van der Waals surface area contributed by atoms with Gasteiger partial charge in [0.15, 0.2) is 0 Å². The first-order chi connectivity index (χ1) is 22.7. The largest absolute Gasteiger partial charge is 0.433 e. The van der Waals surface area contributed by atoms with Crippen LogP contribution in [0.2, 0.25) is 0 Å². The highest BCUT2D eigenvalue weighted by Crippen LogP contribution is 2.54. The molecule has 0 amide bonds. The summed E-state index contributed by atoms with van der Waals surface area (Å²) in [6.07, 6.45) is -1.83. The van der Waals surface area contributed by atoms with Crippen LogP contribution in [0.3, 0.4) is 0 Å². The number of nitrogens with zero attached hydrogens (tertiary/aromatic N) is 6. The van der Waals surface area contributed by atoms with Crippen LogP contribution in [0.15, 0.2) is 96.3 Å². The molecule has 220 valence electrons. The SMILES string of the molecule is Cc1cc(-c2ccc3c(c2)C(=C(C#N)C#N)c2cc4c(cc2-3)C(=C(C#N)C#N)c2cc(-c3ccnc(C(F)(F)F)c3)ccc2-4)ccn1. The van der Waals surface area contributed by atoms with E-state index in [4.69, 9.17) is 0 Å². The number of hydrogen-bond acceptors (Lipinski definition) is 6. The second-order valence-electron chi connectivity index (χ2n) is 11.0. The van der Waals surface area contributed by atoms with Crippen molar-refractivity contribution in [2.75, 3.05) is 0 Å². The van der Waals surface area contributed by atoms with E-state index >= 15 is 0 Å². The summed E-state index contributed by atoms with van der Waals surface area (Å²) in [5, 5.41) is 40.0. The summed E-state index contributed by atoms with van der Waals surface area (Å²) in [4.78, 5) is 7.72. The Morgan fingerprint density at radius 1 is 0.511 bits per heavy atom. The van der Waals surface area contributed by atoms with Crippen molar-refractivity contribution < 1.29 is 13.2 Å². The van der Waals surface area contributed by atoms with E-state index in [9.17, 15) is 34.2 Å². The molecule has 0 atom stereocenters. The Labute approximate surface area is 266 Å². The number of allylic oxidation sites excluding steroid dienone is 2. The first-order valence-electron chi connectivity index (χ1n) is 14.2. The number of benzene rings is 3. The highest BCUT2D eigenvalue weighted by Gasteiger charge is 2.35. The van der Waals surface area contributed by atoms with Gasteiger partial charge in [-0.2, -0.15) is 34.2 Å². The van der Waals surface area contributed by atoms with Gasteiger partial charge in [-0.3, -0.25) is 9.97 Å². The summed E-state index contributed by atoms with van der Waals surface area (Å²) in [5.41, 5.74) is 8.23. The second-order valence-corrected chi connectivity index (χ2v) is 11.0. The number of rotatable bonds is 2. The van der Waals surface area contributed by atoms with Crippen LogP contribution in [0.5, 0.6) is 0 Å². The van der Waals surface area contributed by atoms with Crippen LogP contribution in [0.1, 0.15) is 33.6 Å². The molecule has 0 unspecified atom stereocenters. The van der Waals surface area contributed by atoms with Crippen molar-refractivity contribution in [1.82, 2.24) is 9.97 Å². The number of aryl methyl sites for hydroxylation is 1. The molecule has 0 saturated heterocycles. The van der Waals surface area contributed by atoms with E-state index in [2.05, 4.69) is 9.97 Å². The molecule has 0 fully saturated rings. The van der Waals surface area contributed by atoms with Crippen LogP contribution in [0, 0.1) is 52.2 Å².